The molecule has 0 saturated heterocycles. The molecule has 0 aromatic heterocycles. The summed E-state index contributed by atoms with van der Waals surface area (Å²) in [5.41, 5.74) is 5.31. The van der Waals surface area contributed by atoms with E-state index < -0.39 is 11.8 Å². The van der Waals surface area contributed by atoms with Gasteiger partial charge < -0.3 is 9.84 Å². The molecular weight excluding hydrogens is 483 g/mol. The highest BCUT2D eigenvalue weighted by Gasteiger charge is 2.34. The lowest BCUT2D eigenvalue weighted by Gasteiger charge is -2.36. The van der Waals surface area contributed by atoms with Crippen molar-refractivity contribution in [3.8, 4) is 5.75 Å². The zero-order chi connectivity index (χ0) is 24.9. The topological polar surface area (TPSA) is 46.5 Å². The third kappa shape index (κ3) is 6.06. The van der Waals surface area contributed by atoms with Gasteiger partial charge >= 0.3 is 5.97 Å². The normalized spacial score (nSPS) is 17.4. The van der Waals surface area contributed by atoms with E-state index in [0.717, 1.165) is 34.5 Å². The predicted octanol–water partition coefficient (Wildman–Crippen LogP) is 8.64. The van der Waals surface area contributed by atoms with Gasteiger partial charge in [-0.25, -0.2) is 9.18 Å². The summed E-state index contributed by atoms with van der Waals surface area (Å²) in [6, 6.07) is 2.09. The third-order valence-electron chi connectivity index (χ3n) is 6.28. The van der Waals surface area contributed by atoms with Crippen molar-refractivity contribution < 1.29 is 19.0 Å². The van der Waals surface area contributed by atoms with Crippen molar-refractivity contribution in [1.29, 1.82) is 0 Å². The Morgan fingerprint density at radius 2 is 1.97 bits per heavy atom. The molecule has 0 aliphatic heterocycles. The van der Waals surface area contributed by atoms with E-state index in [9.17, 15) is 4.79 Å². The molecule has 0 amide bonds. The van der Waals surface area contributed by atoms with Gasteiger partial charge in [0.25, 0.3) is 0 Å². The van der Waals surface area contributed by atoms with Gasteiger partial charge in [0, 0.05) is 11.6 Å². The fourth-order valence-corrected chi connectivity index (χ4v) is 5.41. The van der Waals surface area contributed by atoms with Crippen molar-refractivity contribution in [1.82, 2.24) is 0 Å². The Hall–Kier alpha value is -2.14. The molecule has 5 heteroatoms. The molecule has 0 spiro atoms. The van der Waals surface area contributed by atoms with Gasteiger partial charge in [0.05, 0.1) is 11.1 Å². The highest BCUT2D eigenvalue weighted by Crippen LogP contribution is 2.51. The minimum absolute atomic E-state index is 0.0806. The Morgan fingerprint density at radius 3 is 2.52 bits per heavy atom. The lowest BCUT2D eigenvalue weighted by atomic mass is 9.70. The number of carboxylic acid groups (broad SMARTS) is 1. The first kappa shape index (κ1) is 27.1. The SMILES string of the molecule is CCOc1c(\C(CC)=C(F)/C=C/C(C)=C/C(=O)O)cc2c(c1Br)C(C)(C)CC=C2C(C)CC. The predicted molar refractivity (Wildman–Crippen MR) is 139 cm³/mol. The fraction of sp³-hybridized carbons (Fsp3) is 0.464. The second-order valence-corrected chi connectivity index (χ2v) is 10.0. The molecule has 1 aliphatic rings. The first-order chi connectivity index (χ1) is 15.5. The summed E-state index contributed by atoms with van der Waals surface area (Å²) in [5, 5.41) is 8.91. The van der Waals surface area contributed by atoms with Gasteiger partial charge in [-0.05, 0) is 100 Å². The van der Waals surface area contributed by atoms with E-state index in [0.29, 0.717) is 35.8 Å². The Morgan fingerprint density at radius 1 is 1.30 bits per heavy atom. The minimum atomic E-state index is -1.05. The van der Waals surface area contributed by atoms with Gasteiger partial charge in [-0.15, -0.1) is 0 Å². The van der Waals surface area contributed by atoms with Crippen molar-refractivity contribution in [2.75, 3.05) is 6.61 Å². The van der Waals surface area contributed by atoms with Gasteiger partial charge in [0.1, 0.15) is 11.6 Å². The smallest absolute Gasteiger partial charge is 0.328 e. The van der Waals surface area contributed by atoms with Crippen LogP contribution in [0.5, 0.6) is 5.75 Å². The van der Waals surface area contributed by atoms with E-state index in [1.54, 1.807) is 6.92 Å². The van der Waals surface area contributed by atoms with Crippen LogP contribution in [-0.2, 0) is 10.2 Å². The van der Waals surface area contributed by atoms with Gasteiger partial charge in [0.2, 0.25) is 0 Å². The van der Waals surface area contributed by atoms with E-state index in [1.807, 2.05) is 13.8 Å². The summed E-state index contributed by atoms with van der Waals surface area (Å²) >= 11 is 3.84. The van der Waals surface area contributed by atoms with Gasteiger partial charge in [-0.3, -0.25) is 0 Å². The zero-order valence-electron chi connectivity index (χ0n) is 20.8. The molecule has 1 atom stereocenters. The van der Waals surface area contributed by atoms with Crippen LogP contribution in [0.3, 0.4) is 0 Å². The number of hydrogen-bond donors (Lipinski definition) is 1. The maximum absolute atomic E-state index is 15.4. The quantitative estimate of drug-likeness (QED) is 0.262. The van der Waals surface area contributed by atoms with Gasteiger partial charge in [0.15, 0.2) is 0 Å². The van der Waals surface area contributed by atoms with E-state index in [1.165, 1.54) is 23.3 Å². The molecule has 0 saturated carbocycles. The Kier molecular flexibility index (Phi) is 9.30. The average Bonchev–Trinajstić information content (AvgIpc) is 2.73. The maximum atomic E-state index is 15.4. The van der Waals surface area contributed by atoms with Crippen molar-refractivity contribution >= 4 is 33.0 Å². The standard InChI is InChI=1S/C28H36BrFO3/c1-8-18(5)20-13-14-28(6,7)25-21(20)16-22(27(26(25)29)33-10-3)19(9-2)23(30)12-11-17(4)15-24(31)32/h11-13,15-16,18H,8-10,14H2,1-7H3,(H,31,32)/b12-11+,17-15+,23-19+. The van der Waals surface area contributed by atoms with E-state index in [-0.39, 0.29) is 5.41 Å². The van der Waals surface area contributed by atoms with Crippen LogP contribution in [-0.4, -0.2) is 17.7 Å². The number of halogens is 2. The molecule has 0 bridgehead atoms. The number of ether oxygens (including phenoxy) is 1. The number of allylic oxidation sites excluding steroid dienone is 7. The summed E-state index contributed by atoms with van der Waals surface area (Å²) < 4.78 is 22.4. The summed E-state index contributed by atoms with van der Waals surface area (Å²) in [6.07, 6.45) is 8.64. The fourth-order valence-electron chi connectivity index (χ4n) is 4.33. The minimum Gasteiger partial charge on any atom is -0.492 e. The number of benzene rings is 1. The Balaban J connectivity index is 2.82. The molecule has 0 radical (unpaired) electrons. The number of aliphatic carboxylic acids is 1. The molecule has 180 valence electrons. The molecule has 1 aliphatic carbocycles. The summed E-state index contributed by atoms with van der Waals surface area (Å²) in [5.74, 6) is -0.401. The second kappa shape index (κ2) is 11.3. The monoisotopic (exact) mass is 518 g/mol. The van der Waals surface area contributed by atoms with Crippen LogP contribution in [0.25, 0.3) is 11.1 Å². The molecule has 0 fully saturated rings. The second-order valence-electron chi connectivity index (χ2n) is 9.22. The molecular formula is C28H36BrFO3. The van der Waals surface area contributed by atoms with Crippen LogP contribution in [0.2, 0.25) is 0 Å². The van der Waals surface area contributed by atoms with E-state index >= 15 is 4.39 Å². The molecule has 1 N–H and O–H groups in total. The molecule has 3 nitrogen and oxygen atoms in total. The maximum Gasteiger partial charge on any atom is 0.328 e. The molecule has 0 heterocycles. The van der Waals surface area contributed by atoms with Crippen LogP contribution in [0.15, 0.2) is 46.2 Å². The molecule has 1 aromatic carbocycles. The first-order valence-corrected chi connectivity index (χ1v) is 12.5. The zero-order valence-corrected chi connectivity index (χ0v) is 22.4. The Bertz CT molecular complexity index is 1030. The van der Waals surface area contributed by atoms with Crippen LogP contribution < -0.4 is 4.74 Å². The van der Waals surface area contributed by atoms with Gasteiger partial charge in [-0.2, -0.15) is 0 Å². The summed E-state index contributed by atoms with van der Waals surface area (Å²) in [7, 11) is 0. The molecule has 1 unspecified atom stereocenters. The van der Waals surface area contributed by atoms with Crippen LogP contribution in [0.1, 0.15) is 84.4 Å². The molecule has 1 aromatic rings. The van der Waals surface area contributed by atoms with Crippen molar-refractivity contribution in [3.63, 3.8) is 0 Å². The third-order valence-corrected chi connectivity index (χ3v) is 7.04. The van der Waals surface area contributed by atoms with E-state index in [4.69, 9.17) is 9.84 Å². The largest absolute Gasteiger partial charge is 0.492 e. The summed E-state index contributed by atoms with van der Waals surface area (Å²) in [6.45, 7) is 14.8. The van der Waals surface area contributed by atoms with Crippen LogP contribution >= 0.6 is 15.9 Å². The lowest BCUT2D eigenvalue weighted by molar-refractivity contribution is -0.131. The molecule has 2 rings (SSSR count). The average molecular weight is 519 g/mol. The van der Waals surface area contributed by atoms with Gasteiger partial charge in [-0.1, -0.05) is 46.8 Å². The number of carbonyl (C=O) groups is 1. The number of hydrogen-bond acceptors (Lipinski definition) is 2. The van der Waals surface area contributed by atoms with Crippen LogP contribution in [0.4, 0.5) is 4.39 Å². The highest BCUT2D eigenvalue weighted by molar-refractivity contribution is 9.10. The number of fused-ring (bicyclic) bond motifs is 1. The Labute approximate surface area is 206 Å². The lowest BCUT2D eigenvalue weighted by Crippen LogP contribution is -2.24. The van der Waals surface area contributed by atoms with Crippen molar-refractivity contribution in [2.24, 2.45) is 5.92 Å². The van der Waals surface area contributed by atoms with Crippen LogP contribution in [0, 0.1) is 5.92 Å². The van der Waals surface area contributed by atoms with Crippen molar-refractivity contribution in [2.45, 2.75) is 73.1 Å². The highest BCUT2D eigenvalue weighted by atomic mass is 79.9. The first-order valence-electron chi connectivity index (χ1n) is 11.7. The van der Waals surface area contributed by atoms with Crippen molar-refractivity contribution in [3.05, 3.63) is 62.9 Å². The summed E-state index contributed by atoms with van der Waals surface area (Å²) in [4.78, 5) is 10.9. The molecule has 33 heavy (non-hydrogen) atoms. The number of rotatable bonds is 9. The van der Waals surface area contributed by atoms with E-state index in [2.05, 4.69) is 55.8 Å². The number of carboxylic acids is 1.